The van der Waals surface area contributed by atoms with E-state index in [-0.39, 0.29) is 12.7 Å². The molecule has 0 aromatic rings. The van der Waals surface area contributed by atoms with Gasteiger partial charge in [-0.3, -0.25) is 0 Å². The Morgan fingerprint density at radius 1 is 0.800 bits per heavy atom. The first-order valence-electron chi connectivity index (χ1n) is 10.8. The minimum Gasteiger partial charge on any atom is -0.394 e. The third-order valence-electron chi connectivity index (χ3n) is 5.14. The van der Waals surface area contributed by atoms with Crippen molar-refractivity contribution in [3.8, 4) is 0 Å². The zero-order valence-corrected chi connectivity index (χ0v) is 16.5. The Balaban J connectivity index is 1.77. The number of hydrogen-bond donors (Lipinski definition) is 2. The van der Waals surface area contributed by atoms with Gasteiger partial charge in [-0.1, -0.05) is 96.8 Å². The van der Waals surface area contributed by atoms with Crippen LogP contribution in [0.3, 0.4) is 0 Å². The summed E-state index contributed by atoms with van der Waals surface area (Å²) < 4.78 is 10.8. The third kappa shape index (κ3) is 12.0. The number of hydrogen-bond acceptors (Lipinski definition) is 4. The van der Waals surface area contributed by atoms with Crippen LogP contribution in [0.5, 0.6) is 0 Å². The summed E-state index contributed by atoms with van der Waals surface area (Å²) in [5, 5.41) is 19.0. The molecule has 2 N–H and O–H groups in total. The second-order valence-corrected chi connectivity index (χ2v) is 7.59. The quantitative estimate of drug-likeness (QED) is 0.361. The van der Waals surface area contributed by atoms with Crippen molar-refractivity contribution in [3.63, 3.8) is 0 Å². The van der Waals surface area contributed by atoms with Gasteiger partial charge in [0.1, 0.15) is 12.2 Å². The van der Waals surface area contributed by atoms with Crippen LogP contribution in [-0.2, 0) is 9.47 Å². The van der Waals surface area contributed by atoms with Gasteiger partial charge in [0.2, 0.25) is 0 Å². The van der Waals surface area contributed by atoms with Crippen molar-refractivity contribution in [2.24, 2.45) is 0 Å². The maximum absolute atomic E-state index is 10.0. The van der Waals surface area contributed by atoms with E-state index in [9.17, 15) is 5.11 Å². The number of aliphatic hydroxyl groups is 2. The molecule has 0 radical (unpaired) electrons. The molecule has 3 atom stereocenters. The minimum atomic E-state index is -0.561. The smallest absolute Gasteiger partial charge is 0.184 e. The Kier molecular flexibility index (Phi) is 14.7. The average molecular weight is 359 g/mol. The molecule has 150 valence electrons. The summed E-state index contributed by atoms with van der Waals surface area (Å²) >= 11 is 0. The molecule has 0 aromatic carbocycles. The predicted octanol–water partition coefficient (Wildman–Crippen LogP) is 4.95. The Morgan fingerprint density at radius 3 is 1.72 bits per heavy atom. The molecule has 1 fully saturated rings. The zero-order valence-electron chi connectivity index (χ0n) is 16.5. The van der Waals surface area contributed by atoms with Crippen molar-refractivity contribution in [2.75, 3.05) is 13.2 Å². The van der Waals surface area contributed by atoms with Crippen molar-refractivity contribution >= 4 is 0 Å². The Hall–Kier alpha value is -0.160. The summed E-state index contributed by atoms with van der Waals surface area (Å²) in [6.07, 6.45) is 18.1. The molecule has 1 aliphatic heterocycles. The molecule has 1 saturated heterocycles. The van der Waals surface area contributed by atoms with E-state index in [0.717, 1.165) is 12.8 Å². The molecular weight excluding hydrogens is 316 g/mol. The van der Waals surface area contributed by atoms with Crippen LogP contribution in [0, 0.1) is 0 Å². The molecule has 0 saturated carbocycles. The molecule has 4 heteroatoms. The fraction of sp³-hybridized carbons (Fsp3) is 1.00. The van der Waals surface area contributed by atoms with Gasteiger partial charge in [-0.2, -0.15) is 0 Å². The van der Waals surface area contributed by atoms with Crippen LogP contribution in [0.25, 0.3) is 0 Å². The lowest BCUT2D eigenvalue weighted by Gasteiger charge is -2.17. The van der Waals surface area contributed by atoms with E-state index in [0.29, 0.717) is 6.61 Å². The van der Waals surface area contributed by atoms with Crippen LogP contribution in [0.1, 0.15) is 103 Å². The van der Waals surface area contributed by atoms with Crippen LogP contribution in [-0.4, -0.2) is 41.9 Å². The predicted molar refractivity (Wildman–Crippen MR) is 103 cm³/mol. The van der Waals surface area contributed by atoms with Gasteiger partial charge >= 0.3 is 0 Å². The molecule has 0 aliphatic carbocycles. The van der Waals surface area contributed by atoms with Crippen LogP contribution >= 0.6 is 0 Å². The largest absolute Gasteiger partial charge is 0.394 e. The van der Waals surface area contributed by atoms with Gasteiger partial charge in [-0.05, 0) is 6.42 Å². The zero-order chi connectivity index (χ0) is 18.2. The Morgan fingerprint density at radius 2 is 1.28 bits per heavy atom. The van der Waals surface area contributed by atoms with Crippen molar-refractivity contribution in [2.45, 2.75) is 122 Å². The molecule has 1 heterocycles. The highest BCUT2D eigenvalue weighted by molar-refractivity contribution is 4.70. The standard InChI is InChI=1S/C21H42O4/c1-2-3-4-5-6-7-8-9-10-11-12-13-14-15-16-20(23)21-24-18-19(17-22)25-21/h19-23H,2-18H2,1H3. The molecule has 0 amide bonds. The maximum atomic E-state index is 10.0. The summed E-state index contributed by atoms with van der Waals surface area (Å²) in [7, 11) is 0. The molecular formula is C21H42O4. The second kappa shape index (κ2) is 16.0. The molecule has 1 aliphatic rings. The van der Waals surface area contributed by atoms with E-state index in [2.05, 4.69) is 6.92 Å². The van der Waals surface area contributed by atoms with E-state index in [1.54, 1.807) is 0 Å². The highest BCUT2D eigenvalue weighted by Gasteiger charge is 2.30. The highest BCUT2D eigenvalue weighted by atomic mass is 16.7. The molecule has 3 unspecified atom stereocenters. The van der Waals surface area contributed by atoms with E-state index in [1.165, 1.54) is 83.5 Å². The minimum absolute atomic E-state index is 0.0396. The van der Waals surface area contributed by atoms with Crippen molar-refractivity contribution in [1.29, 1.82) is 0 Å². The van der Waals surface area contributed by atoms with Crippen molar-refractivity contribution < 1.29 is 19.7 Å². The van der Waals surface area contributed by atoms with Crippen LogP contribution in [0.4, 0.5) is 0 Å². The number of rotatable bonds is 17. The molecule has 0 spiro atoms. The fourth-order valence-corrected chi connectivity index (χ4v) is 3.45. The maximum Gasteiger partial charge on any atom is 0.184 e. The SMILES string of the molecule is CCCCCCCCCCCCCCCCC(O)C1OCC(CO)O1. The highest BCUT2D eigenvalue weighted by Crippen LogP contribution is 2.19. The number of unbranched alkanes of at least 4 members (excludes halogenated alkanes) is 13. The first kappa shape index (κ1) is 22.9. The van der Waals surface area contributed by atoms with Crippen LogP contribution < -0.4 is 0 Å². The first-order valence-corrected chi connectivity index (χ1v) is 10.8. The normalized spacial score (nSPS) is 21.7. The van der Waals surface area contributed by atoms with E-state index >= 15 is 0 Å². The average Bonchev–Trinajstić information content (AvgIpc) is 3.11. The molecule has 0 aromatic heterocycles. The summed E-state index contributed by atoms with van der Waals surface area (Å²) in [4.78, 5) is 0. The lowest BCUT2D eigenvalue weighted by molar-refractivity contribution is -0.136. The van der Waals surface area contributed by atoms with Gasteiger partial charge in [0.05, 0.1) is 13.2 Å². The van der Waals surface area contributed by atoms with Crippen LogP contribution in [0.15, 0.2) is 0 Å². The summed E-state index contributed by atoms with van der Waals surface area (Å²) in [5.41, 5.74) is 0. The first-order chi connectivity index (χ1) is 12.3. The Labute approximate surface area is 155 Å². The van der Waals surface area contributed by atoms with Gasteiger partial charge in [0.25, 0.3) is 0 Å². The summed E-state index contributed by atoms with van der Waals surface area (Å²) in [5.74, 6) is 0. The van der Waals surface area contributed by atoms with E-state index in [1.807, 2.05) is 0 Å². The van der Waals surface area contributed by atoms with E-state index in [4.69, 9.17) is 14.6 Å². The molecule has 0 bridgehead atoms. The van der Waals surface area contributed by atoms with Gasteiger partial charge in [0, 0.05) is 0 Å². The Bertz CT molecular complexity index is 285. The summed E-state index contributed by atoms with van der Waals surface area (Å²) in [6.45, 7) is 2.62. The van der Waals surface area contributed by atoms with Crippen LogP contribution in [0.2, 0.25) is 0 Å². The number of aliphatic hydroxyl groups excluding tert-OH is 2. The number of ether oxygens (including phenoxy) is 2. The monoisotopic (exact) mass is 358 g/mol. The topological polar surface area (TPSA) is 58.9 Å². The van der Waals surface area contributed by atoms with Gasteiger partial charge in [-0.15, -0.1) is 0 Å². The molecule has 1 rings (SSSR count). The fourth-order valence-electron chi connectivity index (χ4n) is 3.45. The van der Waals surface area contributed by atoms with Gasteiger partial charge in [-0.25, -0.2) is 0 Å². The summed E-state index contributed by atoms with van der Waals surface area (Å²) in [6, 6.07) is 0. The molecule has 4 nitrogen and oxygen atoms in total. The van der Waals surface area contributed by atoms with Gasteiger partial charge < -0.3 is 19.7 Å². The van der Waals surface area contributed by atoms with E-state index < -0.39 is 12.4 Å². The molecule has 25 heavy (non-hydrogen) atoms. The lowest BCUT2D eigenvalue weighted by atomic mass is 10.0. The van der Waals surface area contributed by atoms with Crippen molar-refractivity contribution in [1.82, 2.24) is 0 Å². The van der Waals surface area contributed by atoms with Crippen molar-refractivity contribution in [3.05, 3.63) is 0 Å². The second-order valence-electron chi connectivity index (χ2n) is 7.59. The lowest BCUT2D eigenvalue weighted by Crippen LogP contribution is -2.28. The third-order valence-corrected chi connectivity index (χ3v) is 5.14. The van der Waals surface area contributed by atoms with Gasteiger partial charge in [0.15, 0.2) is 6.29 Å².